The van der Waals surface area contributed by atoms with E-state index in [0.29, 0.717) is 22.1 Å². The molecule has 0 aliphatic rings. The van der Waals surface area contributed by atoms with Gasteiger partial charge < -0.3 is 14.6 Å². The smallest absolute Gasteiger partial charge is 0.283 e. The molecule has 0 atom stereocenters. The van der Waals surface area contributed by atoms with E-state index in [1.807, 2.05) is 0 Å². The van der Waals surface area contributed by atoms with Crippen molar-refractivity contribution in [3.8, 4) is 17.2 Å². The minimum absolute atomic E-state index is 0.0559. The van der Waals surface area contributed by atoms with Gasteiger partial charge in [-0.2, -0.15) is 5.10 Å². The maximum Gasteiger partial charge on any atom is 0.283 e. The van der Waals surface area contributed by atoms with Crippen molar-refractivity contribution in [1.29, 1.82) is 0 Å². The summed E-state index contributed by atoms with van der Waals surface area (Å²) in [6.07, 6.45) is 1.33. The topological polar surface area (TPSA) is 80.2 Å². The number of aromatic hydroxyl groups is 1. The summed E-state index contributed by atoms with van der Waals surface area (Å²) in [6.45, 7) is 3.24. The Morgan fingerprint density at radius 3 is 2.56 bits per heavy atom. The highest BCUT2D eigenvalue weighted by Gasteiger charge is 2.29. The molecule has 0 heterocycles. The molecule has 6 nitrogen and oxygen atoms in total. The minimum atomic E-state index is -1.15. The van der Waals surface area contributed by atoms with E-state index in [0.717, 1.165) is 0 Å². The van der Waals surface area contributed by atoms with Crippen LogP contribution in [0.2, 0.25) is 5.02 Å². The number of halogens is 1. The predicted molar refractivity (Wildman–Crippen MR) is 96.6 cm³/mol. The Kier molecular flexibility index (Phi) is 5.88. The molecule has 0 spiro atoms. The summed E-state index contributed by atoms with van der Waals surface area (Å²) in [7, 11) is 1.45. The molecule has 0 aromatic heterocycles. The monoisotopic (exact) mass is 362 g/mol. The first-order valence-electron chi connectivity index (χ1n) is 7.47. The first kappa shape index (κ1) is 18.6. The number of amides is 1. The zero-order valence-electron chi connectivity index (χ0n) is 14.1. The Balaban J connectivity index is 2.02. The highest BCUT2D eigenvalue weighted by atomic mass is 35.5. The molecule has 132 valence electrons. The summed E-state index contributed by atoms with van der Waals surface area (Å²) in [5.41, 5.74) is 1.66. The number of hydrogen-bond donors (Lipinski definition) is 2. The van der Waals surface area contributed by atoms with Crippen LogP contribution in [0.1, 0.15) is 19.4 Å². The van der Waals surface area contributed by atoms with E-state index in [4.69, 9.17) is 21.1 Å². The van der Waals surface area contributed by atoms with Gasteiger partial charge in [-0.15, -0.1) is 0 Å². The minimum Gasteiger partial charge on any atom is -0.504 e. The Bertz CT molecular complexity index is 773. The van der Waals surface area contributed by atoms with Gasteiger partial charge in [0.05, 0.1) is 13.3 Å². The normalized spacial score (nSPS) is 11.4. The van der Waals surface area contributed by atoms with Gasteiger partial charge in [0.1, 0.15) is 5.75 Å². The molecular formula is C18H19ClN2O4. The van der Waals surface area contributed by atoms with E-state index in [1.165, 1.54) is 13.3 Å². The Morgan fingerprint density at radius 1 is 1.24 bits per heavy atom. The zero-order chi connectivity index (χ0) is 18.4. The van der Waals surface area contributed by atoms with Crippen LogP contribution in [-0.2, 0) is 4.79 Å². The lowest BCUT2D eigenvalue weighted by atomic mass is 10.1. The van der Waals surface area contributed by atoms with Crippen LogP contribution >= 0.6 is 11.6 Å². The molecule has 2 aromatic carbocycles. The number of para-hydroxylation sites is 1. The van der Waals surface area contributed by atoms with Crippen molar-refractivity contribution in [3.05, 3.63) is 53.1 Å². The van der Waals surface area contributed by atoms with Crippen molar-refractivity contribution in [2.75, 3.05) is 7.11 Å². The van der Waals surface area contributed by atoms with E-state index in [2.05, 4.69) is 10.5 Å². The molecule has 0 unspecified atom stereocenters. The molecule has 0 saturated heterocycles. The highest BCUT2D eigenvalue weighted by molar-refractivity contribution is 6.30. The molecule has 0 radical (unpaired) electrons. The van der Waals surface area contributed by atoms with Crippen LogP contribution in [0.3, 0.4) is 0 Å². The average Bonchev–Trinajstić information content (AvgIpc) is 2.58. The van der Waals surface area contributed by atoms with Gasteiger partial charge in [-0.1, -0.05) is 17.7 Å². The molecule has 0 aliphatic carbocycles. The number of rotatable bonds is 6. The number of ether oxygens (including phenoxy) is 2. The predicted octanol–water partition coefficient (Wildman–Crippen LogP) is 3.36. The van der Waals surface area contributed by atoms with Crippen LogP contribution in [0, 0.1) is 0 Å². The summed E-state index contributed by atoms with van der Waals surface area (Å²) in [4.78, 5) is 12.3. The summed E-state index contributed by atoms with van der Waals surface area (Å²) < 4.78 is 10.7. The van der Waals surface area contributed by atoms with E-state index in [1.54, 1.807) is 56.3 Å². The number of carbonyl (C=O) groups is 1. The van der Waals surface area contributed by atoms with Crippen molar-refractivity contribution in [3.63, 3.8) is 0 Å². The van der Waals surface area contributed by atoms with Crippen LogP contribution < -0.4 is 14.9 Å². The van der Waals surface area contributed by atoms with Crippen molar-refractivity contribution in [2.24, 2.45) is 5.10 Å². The molecule has 25 heavy (non-hydrogen) atoms. The summed E-state index contributed by atoms with van der Waals surface area (Å²) >= 11 is 5.82. The molecule has 2 rings (SSSR count). The van der Waals surface area contributed by atoms with Crippen molar-refractivity contribution >= 4 is 23.7 Å². The van der Waals surface area contributed by atoms with E-state index in [-0.39, 0.29) is 5.75 Å². The van der Waals surface area contributed by atoms with Gasteiger partial charge in [-0.05, 0) is 50.2 Å². The maximum absolute atomic E-state index is 12.3. The second-order valence-corrected chi connectivity index (χ2v) is 6.10. The second kappa shape index (κ2) is 7.90. The number of phenolic OH excluding ortho intramolecular Hbond substituents is 1. The fourth-order valence-electron chi connectivity index (χ4n) is 1.95. The Morgan fingerprint density at radius 2 is 1.92 bits per heavy atom. The number of phenols is 1. The van der Waals surface area contributed by atoms with Gasteiger partial charge in [0.15, 0.2) is 17.1 Å². The van der Waals surface area contributed by atoms with Crippen LogP contribution in [0.4, 0.5) is 0 Å². The number of nitrogens with one attached hydrogen (secondary N) is 1. The summed E-state index contributed by atoms with van der Waals surface area (Å²) in [6, 6.07) is 11.7. The fraction of sp³-hybridized carbons (Fsp3) is 0.222. The largest absolute Gasteiger partial charge is 0.504 e. The third-order valence-electron chi connectivity index (χ3n) is 3.35. The molecule has 0 fully saturated rings. The number of hydrazone groups is 1. The quantitative estimate of drug-likeness (QED) is 0.610. The lowest BCUT2D eigenvalue weighted by Crippen LogP contribution is -2.44. The fourth-order valence-corrected chi connectivity index (χ4v) is 2.07. The van der Waals surface area contributed by atoms with Crippen LogP contribution in [-0.4, -0.2) is 29.9 Å². The van der Waals surface area contributed by atoms with E-state index < -0.39 is 11.5 Å². The third-order valence-corrected chi connectivity index (χ3v) is 3.61. The molecule has 2 N–H and O–H groups in total. The maximum atomic E-state index is 12.3. The van der Waals surface area contributed by atoms with Gasteiger partial charge in [0.25, 0.3) is 5.91 Å². The van der Waals surface area contributed by atoms with Crippen molar-refractivity contribution in [1.82, 2.24) is 5.43 Å². The van der Waals surface area contributed by atoms with Gasteiger partial charge in [-0.3, -0.25) is 4.79 Å². The number of benzene rings is 2. The third kappa shape index (κ3) is 4.87. The Labute approximate surface area is 151 Å². The zero-order valence-corrected chi connectivity index (χ0v) is 14.9. The van der Waals surface area contributed by atoms with Crippen LogP contribution in [0.25, 0.3) is 0 Å². The number of nitrogens with zero attached hydrogens (tertiary/aromatic N) is 1. The first-order chi connectivity index (χ1) is 11.8. The molecule has 7 heteroatoms. The van der Waals surface area contributed by atoms with Crippen molar-refractivity contribution in [2.45, 2.75) is 19.4 Å². The highest BCUT2D eigenvalue weighted by Crippen LogP contribution is 2.28. The van der Waals surface area contributed by atoms with Gasteiger partial charge in [0, 0.05) is 10.6 Å². The van der Waals surface area contributed by atoms with Gasteiger partial charge >= 0.3 is 0 Å². The Hall–Kier alpha value is -2.73. The summed E-state index contributed by atoms with van der Waals surface area (Å²) in [5, 5.41) is 14.4. The van der Waals surface area contributed by atoms with Crippen LogP contribution in [0.15, 0.2) is 47.6 Å². The van der Waals surface area contributed by atoms with Crippen LogP contribution in [0.5, 0.6) is 17.2 Å². The second-order valence-electron chi connectivity index (χ2n) is 5.66. The lowest BCUT2D eigenvalue weighted by molar-refractivity contribution is -0.134. The number of carbonyl (C=O) groups excluding carboxylic acids is 1. The number of methoxy groups -OCH3 is 1. The SMILES string of the molecule is COc1cccc(C=NNC(=O)C(C)(C)Oc2ccc(Cl)cc2)c1O. The standard InChI is InChI=1S/C18H19ClN2O4/c1-18(2,25-14-9-7-13(19)8-10-14)17(23)21-20-11-12-5-4-6-15(24-3)16(12)22/h4-11,22H,1-3H3,(H,21,23). The molecule has 0 saturated carbocycles. The lowest BCUT2D eigenvalue weighted by Gasteiger charge is -2.24. The molecule has 1 amide bonds. The van der Waals surface area contributed by atoms with Gasteiger partial charge in [0.2, 0.25) is 0 Å². The molecule has 2 aromatic rings. The van der Waals surface area contributed by atoms with Crippen molar-refractivity contribution < 1.29 is 19.4 Å². The number of hydrogen-bond acceptors (Lipinski definition) is 5. The van der Waals surface area contributed by atoms with E-state index >= 15 is 0 Å². The average molecular weight is 363 g/mol. The summed E-state index contributed by atoms with van der Waals surface area (Å²) in [5.74, 6) is 0.335. The first-order valence-corrected chi connectivity index (χ1v) is 7.85. The van der Waals surface area contributed by atoms with Gasteiger partial charge in [-0.25, -0.2) is 5.43 Å². The molecule has 0 aliphatic heterocycles. The molecular weight excluding hydrogens is 344 g/mol. The van der Waals surface area contributed by atoms with E-state index in [9.17, 15) is 9.90 Å². The molecule has 0 bridgehead atoms.